The number of carbonyl (C=O) groups is 1. The van der Waals surface area contributed by atoms with Crippen molar-refractivity contribution in [2.24, 2.45) is 5.41 Å². The highest BCUT2D eigenvalue weighted by molar-refractivity contribution is 7.99. The average Bonchev–Trinajstić information content (AvgIpc) is 2.93. The molecule has 0 bridgehead atoms. The summed E-state index contributed by atoms with van der Waals surface area (Å²) in [5.74, 6) is 0.310. The number of aromatic nitrogens is 2. The van der Waals surface area contributed by atoms with Crippen LogP contribution in [0.2, 0.25) is 0 Å². The van der Waals surface area contributed by atoms with Gasteiger partial charge >= 0.3 is 5.97 Å². The number of nitrogens with one attached hydrogen (secondary N) is 1. The molecule has 1 unspecified atom stereocenters. The molecular weight excluding hydrogens is 324 g/mol. The maximum atomic E-state index is 11.7. The van der Waals surface area contributed by atoms with E-state index in [0.717, 1.165) is 61.8 Å². The van der Waals surface area contributed by atoms with Gasteiger partial charge in [-0.1, -0.05) is 18.7 Å². The smallest absolute Gasteiger partial charge is 0.320 e. The van der Waals surface area contributed by atoms with Crippen molar-refractivity contribution in [1.82, 2.24) is 20.2 Å². The van der Waals surface area contributed by atoms with Gasteiger partial charge in [-0.25, -0.2) is 9.97 Å². The fourth-order valence-electron chi connectivity index (χ4n) is 3.80. The highest BCUT2D eigenvalue weighted by Crippen LogP contribution is 2.42. The topological polar surface area (TPSA) is 78.4 Å². The Morgan fingerprint density at radius 3 is 2.75 bits per heavy atom. The maximum absolute atomic E-state index is 11.7. The SMILES string of the molecule is CCCSc1ncc(CN2CC3(CCNCC3)CC2C(=O)O)cn1. The minimum absolute atomic E-state index is 0.159. The van der Waals surface area contributed by atoms with Crippen molar-refractivity contribution in [3.8, 4) is 0 Å². The molecule has 2 N–H and O–H groups in total. The largest absolute Gasteiger partial charge is 0.480 e. The summed E-state index contributed by atoms with van der Waals surface area (Å²) < 4.78 is 0. The van der Waals surface area contributed by atoms with Crippen molar-refractivity contribution in [1.29, 1.82) is 0 Å². The molecule has 3 heterocycles. The molecule has 132 valence electrons. The van der Waals surface area contributed by atoms with Crippen LogP contribution in [0.1, 0.15) is 38.2 Å². The minimum atomic E-state index is -0.707. The number of piperidine rings is 1. The lowest BCUT2D eigenvalue weighted by atomic mass is 9.77. The summed E-state index contributed by atoms with van der Waals surface area (Å²) >= 11 is 1.66. The third kappa shape index (κ3) is 4.07. The zero-order valence-electron chi connectivity index (χ0n) is 14.2. The molecule has 0 radical (unpaired) electrons. The second-order valence-corrected chi connectivity index (χ2v) is 8.00. The highest BCUT2D eigenvalue weighted by Gasteiger charge is 2.47. The number of thioether (sulfide) groups is 1. The molecule has 3 rings (SSSR count). The van der Waals surface area contributed by atoms with Crippen LogP contribution in [-0.4, -0.2) is 57.4 Å². The summed E-state index contributed by atoms with van der Waals surface area (Å²) in [4.78, 5) is 22.6. The molecule has 2 aliphatic heterocycles. The fourth-order valence-corrected chi connectivity index (χ4v) is 4.44. The monoisotopic (exact) mass is 350 g/mol. The first kappa shape index (κ1) is 17.6. The number of carboxylic acids is 1. The highest BCUT2D eigenvalue weighted by atomic mass is 32.2. The quantitative estimate of drug-likeness (QED) is 0.600. The molecule has 0 aromatic carbocycles. The van der Waals surface area contributed by atoms with Gasteiger partial charge in [0, 0.05) is 36.8 Å². The predicted octanol–water partition coefficient (Wildman–Crippen LogP) is 2.01. The molecule has 0 saturated carbocycles. The van der Waals surface area contributed by atoms with E-state index in [1.807, 2.05) is 12.4 Å². The van der Waals surface area contributed by atoms with Crippen molar-refractivity contribution in [3.63, 3.8) is 0 Å². The van der Waals surface area contributed by atoms with Crippen LogP contribution in [0.5, 0.6) is 0 Å². The second kappa shape index (κ2) is 7.80. The molecule has 0 aliphatic carbocycles. The maximum Gasteiger partial charge on any atom is 0.320 e. The lowest BCUT2D eigenvalue weighted by Crippen LogP contribution is -2.38. The third-order valence-electron chi connectivity index (χ3n) is 5.06. The van der Waals surface area contributed by atoms with Crippen LogP contribution in [0.3, 0.4) is 0 Å². The normalized spacial score (nSPS) is 23.6. The summed E-state index contributed by atoms with van der Waals surface area (Å²) in [5, 5.41) is 13.8. The zero-order chi connectivity index (χ0) is 17.0. The number of rotatable bonds is 6. The van der Waals surface area contributed by atoms with Crippen LogP contribution in [0, 0.1) is 5.41 Å². The van der Waals surface area contributed by atoms with Crippen molar-refractivity contribution in [2.45, 2.75) is 50.4 Å². The fraction of sp³-hybridized carbons (Fsp3) is 0.706. The molecule has 0 amide bonds. The molecule has 24 heavy (non-hydrogen) atoms. The van der Waals surface area contributed by atoms with Crippen LogP contribution in [0.15, 0.2) is 17.6 Å². The molecule has 1 aromatic heterocycles. The Bertz CT molecular complexity index is 560. The summed E-state index contributed by atoms with van der Waals surface area (Å²) in [6.45, 7) is 5.60. The summed E-state index contributed by atoms with van der Waals surface area (Å²) in [6.07, 6.45) is 7.68. The number of aliphatic carboxylic acids is 1. The van der Waals surface area contributed by atoms with Crippen LogP contribution in [0.25, 0.3) is 0 Å². The standard InChI is InChI=1S/C17H26N4O2S/c1-2-7-24-16-19-9-13(10-20-16)11-21-12-17(3-5-18-6-4-17)8-14(21)15(22)23/h9-10,14,18H,2-8,11-12H2,1H3,(H,22,23). The lowest BCUT2D eigenvalue weighted by Gasteiger charge is -2.33. The molecule has 2 fully saturated rings. The van der Waals surface area contributed by atoms with E-state index in [1.54, 1.807) is 11.8 Å². The summed E-state index contributed by atoms with van der Waals surface area (Å²) in [5.41, 5.74) is 1.15. The van der Waals surface area contributed by atoms with Gasteiger partial charge in [-0.2, -0.15) is 0 Å². The van der Waals surface area contributed by atoms with Gasteiger partial charge in [-0.3, -0.25) is 9.69 Å². The van der Waals surface area contributed by atoms with Gasteiger partial charge in [0.1, 0.15) is 6.04 Å². The van der Waals surface area contributed by atoms with Gasteiger partial charge in [0.05, 0.1) is 0 Å². The molecule has 7 heteroatoms. The Morgan fingerprint density at radius 1 is 1.42 bits per heavy atom. The van der Waals surface area contributed by atoms with E-state index in [4.69, 9.17) is 0 Å². The van der Waals surface area contributed by atoms with Crippen molar-refractivity contribution in [2.75, 3.05) is 25.4 Å². The predicted molar refractivity (Wildman–Crippen MR) is 94.0 cm³/mol. The van der Waals surface area contributed by atoms with E-state index in [1.165, 1.54) is 0 Å². The average molecular weight is 350 g/mol. The number of nitrogens with zero attached hydrogens (tertiary/aromatic N) is 3. The van der Waals surface area contributed by atoms with Crippen LogP contribution >= 0.6 is 11.8 Å². The second-order valence-electron chi connectivity index (χ2n) is 6.94. The molecule has 2 aliphatic rings. The van der Waals surface area contributed by atoms with E-state index in [9.17, 15) is 9.90 Å². The van der Waals surface area contributed by atoms with Gasteiger partial charge in [0.25, 0.3) is 0 Å². The molecule has 1 spiro atoms. The zero-order valence-corrected chi connectivity index (χ0v) is 15.0. The molecular formula is C17H26N4O2S. The van der Waals surface area contributed by atoms with Crippen molar-refractivity contribution in [3.05, 3.63) is 18.0 Å². The van der Waals surface area contributed by atoms with Crippen molar-refractivity contribution < 1.29 is 9.90 Å². The first-order chi connectivity index (χ1) is 11.6. The van der Waals surface area contributed by atoms with Crippen LogP contribution in [-0.2, 0) is 11.3 Å². The van der Waals surface area contributed by atoms with Crippen LogP contribution < -0.4 is 5.32 Å². The lowest BCUT2D eigenvalue weighted by molar-refractivity contribution is -0.142. The first-order valence-corrected chi connectivity index (χ1v) is 9.72. The Hall–Kier alpha value is -1.18. The molecule has 1 atom stereocenters. The number of carboxylic acid groups (broad SMARTS) is 1. The Kier molecular flexibility index (Phi) is 5.73. The van der Waals surface area contributed by atoms with E-state index in [-0.39, 0.29) is 5.41 Å². The Balaban J connectivity index is 1.67. The van der Waals surface area contributed by atoms with E-state index in [0.29, 0.717) is 6.54 Å². The van der Waals surface area contributed by atoms with E-state index < -0.39 is 12.0 Å². The minimum Gasteiger partial charge on any atom is -0.480 e. The first-order valence-electron chi connectivity index (χ1n) is 8.73. The number of likely N-dealkylation sites (tertiary alicyclic amines) is 1. The van der Waals surface area contributed by atoms with Crippen LogP contribution in [0.4, 0.5) is 0 Å². The molecule has 1 aromatic rings. The summed E-state index contributed by atoms with van der Waals surface area (Å²) in [7, 11) is 0. The number of hydrogen-bond acceptors (Lipinski definition) is 6. The Morgan fingerprint density at radius 2 is 2.12 bits per heavy atom. The molecule has 6 nitrogen and oxygen atoms in total. The number of hydrogen-bond donors (Lipinski definition) is 2. The van der Waals surface area contributed by atoms with E-state index in [2.05, 4.69) is 27.1 Å². The van der Waals surface area contributed by atoms with Gasteiger partial charge in [-0.15, -0.1) is 0 Å². The Labute approximate surface area is 147 Å². The van der Waals surface area contributed by atoms with Gasteiger partial charge in [0.2, 0.25) is 0 Å². The third-order valence-corrected chi connectivity index (χ3v) is 6.14. The van der Waals surface area contributed by atoms with Gasteiger partial charge in [-0.05, 0) is 44.2 Å². The molecule has 2 saturated heterocycles. The van der Waals surface area contributed by atoms with E-state index >= 15 is 0 Å². The summed E-state index contributed by atoms with van der Waals surface area (Å²) in [6, 6.07) is -0.391. The van der Waals surface area contributed by atoms with Crippen molar-refractivity contribution >= 4 is 17.7 Å². The van der Waals surface area contributed by atoms with Gasteiger partial charge in [0.15, 0.2) is 5.16 Å². The van der Waals surface area contributed by atoms with Gasteiger partial charge < -0.3 is 10.4 Å².